The molecule has 218 valence electrons. The zero-order valence-corrected chi connectivity index (χ0v) is 24.7. The minimum Gasteiger partial charge on any atom is -0.336 e. The minimum atomic E-state index is -3.93. The van der Waals surface area contributed by atoms with Gasteiger partial charge in [-0.15, -0.1) is 0 Å². The molecule has 0 atom stereocenters. The molecule has 5 rings (SSSR count). The van der Waals surface area contributed by atoms with Crippen molar-refractivity contribution in [3.8, 4) is 0 Å². The van der Waals surface area contributed by atoms with Crippen LogP contribution in [0, 0.1) is 5.82 Å². The van der Waals surface area contributed by atoms with Gasteiger partial charge < -0.3 is 4.98 Å². The maximum Gasteiger partial charge on any atom is 0.333 e. The van der Waals surface area contributed by atoms with Crippen LogP contribution in [0.5, 0.6) is 0 Å². The molecule has 0 radical (unpaired) electrons. The highest BCUT2D eigenvalue weighted by Crippen LogP contribution is 2.24. The van der Waals surface area contributed by atoms with Crippen molar-refractivity contribution in [1.82, 2.24) is 19.1 Å². The summed E-state index contributed by atoms with van der Waals surface area (Å²) in [7, 11) is -3.93. The number of hydrogen-bond donors (Lipinski definition) is 2. The van der Waals surface area contributed by atoms with E-state index < -0.39 is 27.1 Å². The highest BCUT2D eigenvalue weighted by atomic mass is 35.5. The second-order valence-corrected chi connectivity index (χ2v) is 12.3. The Hall–Kier alpha value is -3.93. The molecule has 0 aliphatic heterocycles. The van der Waals surface area contributed by atoms with Gasteiger partial charge in [0.15, 0.2) is 5.65 Å². The summed E-state index contributed by atoms with van der Waals surface area (Å²) in [5.74, 6) is -0.0614. The molecule has 3 aromatic carbocycles. The molecule has 2 N–H and O–H groups in total. The Morgan fingerprint density at radius 3 is 2.33 bits per heavy atom. The third-order valence-electron chi connectivity index (χ3n) is 6.66. The minimum absolute atomic E-state index is 0.0684. The molecule has 0 unspecified atom stereocenters. The molecule has 5 aromatic rings. The Morgan fingerprint density at radius 1 is 0.976 bits per heavy atom. The molecule has 0 spiro atoms. The smallest absolute Gasteiger partial charge is 0.333 e. The SMILES string of the molecule is CCCCn1c(=O)n(Cc2ccccc2F)c(=O)c2[nH]c(Cc3ccc(NS(=O)(=O)c4cc(Cl)cc(Cl)c4)cc3)nc21. The number of benzene rings is 3. The van der Waals surface area contributed by atoms with Gasteiger partial charge in [-0.2, -0.15) is 0 Å². The molecular formula is C29H26Cl2FN5O4S. The van der Waals surface area contributed by atoms with Crippen molar-refractivity contribution in [3.05, 3.63) is 120 Å². The number of nitrogens with one attached hydrogen (secondary N) is 2. The first-order valence-corrected chi connectivity index (χ1v) is 15.3. The van der Waals surface area contributed by atoms with Gasteiger partial charge in [0.2, 0.25) is 0 Å². The van der Waals surface area contributed by atoms with Crippen molar-refractivity contribution in [3.63, 3.8) is 0 Å². The Morgan fingerprint density at radius 2 is 1.67 bits per heavy atom. The summed E-state index contributed by atoms with van der Waals surface area (Å²) < 4.78 is 44.9. The van der Waals surface area contributed by atoms with Crippen LogP contribution in [-0.4, -0.2) is 27.5 Å². The largest absolute Gasteiger partial charge is 0.336 e. The summed E-state index contributed by atoms with van der Waals surface area (Å²) in [6.45, 7) is 2.13. The number of fused-ring (bicyclic) bond motifs is 1. The second-order valence-electron chi connectivity index (χ2n) is 9.74. The van der Waals surface area contributed by atoms with Crippen LogP contribution >= 0.6 is 23.2 Å². The number of halogens is 3. The molecular weight excluding hydrogens is 604 g/mol. The number of rotatable bonds is 10. The fraction of sp³-hybridized carbons (Fsp3) is 0.207. The van der Waals surface area contributed by atoms with Crippen molar-refractivity contribution in [1.29, 1.82) is 0 Å². The van der Waals surface area contributed by atoms with E-state index in [-0.39, 0.29) is 44.6 Å². The lowest BCUT2D eigenvalue weighted by atomic mass is 10.1. The molecule has 2 heterocycles. The zero-order valence-electron chi connectivity index (χ0n) is 22.4. The fourth-order valence-electron chi connectivity index (χ4n) is 4.53. The Bertz CT molecular complexity index is 1980. The number of unbranched alkanes of at least 4 members (excludes halogenated alkanes) is 1. The number of aromatic amines is 1. The summed E-state index contributed by atoms with van der Waals surface area (Å²) in [6.07, 6.45) is 1.78. The molecule has 0 amide bonds. The monoisotopic (exact) mass is 629 g/mol. The number of sulfonamides is 1. The first kappa shape index (κ1) is 29.6. The third-order valence-corrected chi connectivity index (χ3v) is 8.45. The highest BCUT2D eigenvalue weighted by Gasteiger charge is 2.19. The number of imidazole rings is 1. The quantitative estimate of drug-likeness (QED) is 0.209. The lowest BCUT2D eigenvalue weighted by Gasteiger charge is -2.11. The lowest BCUT2D eigenvalue weighted by molar-refractivity contribution is 0.553. The Labute approximate surface area is 250 Å². The Balaban J connectivity index is 1.43. The van der Waals surface area contributed by atoms with E-state index in [2.05, 4.69) is 14.7 Å². The highest BCUT2D eigenvalue weighted by molar-refractivity contribution is 7.92. The molecule has 0 saturated heterocycles. The molecule has 0 bridgehead atoms. The second kappa shape index (κ2) is 12.1. The number of nitrogens with zero attached hydrogens (tertiary/aromatic N) is 3. The van der Waals surface area contributed by atoms with Crippen LogP contribution in [0.15, 0.2) is 81.2 Å². The lowest BCUT2D eigenvalue weighted by Crippen LogP contribution is -2.40. The number of aromatic nitrogens is 4. The van der Waals surface area contributed by atoms with E-state index in [1.807, 2.05) is 6.92 Å². The van der Waals surface area contributed by atoms with Crippen molar-refractivity contribution in [2.75, 3.05) is 4.72 Å². The van der Waals surface area contributed by atoms with Gasteiger partial charge in [0.05, 0.1) is 11.4 Å². The van der Waals surface area contributed by atoms with Crippen LogP contribution < -0.4 is 16.0 Å². The molecule has 42 heavy (non-hydrogen) atoms. The van der Waals surface area contributed by atoms with Gasteiger partial charge in [-0.05, 0) is 48.4 Å². The standard InChI is InChI=1S/C29H26Cl2FN5O4S/c1-2-3-12-36-27-26(28(38)37(29(36)39)17-19-6-4-5-7-24(19)32)33-25(34-27)13-18-8-10-22(11-9-18)35-42(40,41)23-15-20(30)14-21(31)16-23/h4-11,14-16,35H,2-3,12-13,17H2,1H3,(H,33,34). The van der Waals surface area contributed by atoms with E-state index in [1.54, 1.807) is 36.4 Å². The molecule has 0 saturated carbocycles. The first-order chi connectivity index (χ1) is 20.1. The van der Waals surface area contributed by atoms with Gasteiger partial charge >= 0.3 is 5.69 Å². The maximum atomic E-state index is 14.3. The molecule has 2 aromatic heterocycles. The average Bonchev–Trinajstić information content (AvgIpc) is 3.36. The predicted octanol–water partition coefficient (Wildman–Crippen LogP) is 5.57. The molecule has 0 aliphatic rings. The molecule has 0 aliphatic carbocycles. The van der Waals surface area contributed by atoms with Crippen molar-refractivity contribution >= 4 is 50.1 Å². The number of hydrogen-bond acceptors (Lipinski definition) is 5. The fourth-order valence-corrected chi connectivity index (χ4v) is 6.32. The molecule has 13 heteroatoms. The number of aryl methyl sites for hydroxylation is 1. The maximum absolute atomic E-state index is 14.3. The first-order valence-electron chi connectivity index (χ1n) is 13.1. The van der Waals surface area contributed by atoms with E-state index >= 15 is 0 Å². The van der Waals surface area contributed by atoms with Gasteiger partial charge in [0, 0.05) is 34.3 Å². The summed E-state index contributed by atoms with van der Waals surface area (Å²) in [4.78, 5) is 34.3. The van der Waals surface area contributed by atoms with Crippen molar-refractivity contribution in [2.24, 2.45) is 0 Å². The zero-order chi connectivity index (χ0) is 30.0. The van der Waals surface area contributed by atoms with Gasteiger partial charge in [-0.25, -0.2) is 22.6 Å². The Kier molecular flexibility index (Phi) is 8.53. The van der Waals surface area contributed by atoms with Gasteiger partial charge in [0.25, 0.3) is 15.6 Å². The molecule has 0 fully saturated rings. The average molecular weight is 631 g/mol. The van der Waals surface area contributed by atoms with Crippen LogP contribution in [0.3, 0.4) is 0 Å². The van der Waals surface area contributed by atoms with E-state index in [1.165, 1.54) is 34.9 Å². The van der Waals surface area contributed by atoms with Crippen LogP contribution in [0.1, 0.15) is 36.7 Å². The third kappa shape index (κ3) is 6.28. The summed E-state index contributed by atoms with van der Waals surface area (Å²) in [5.41, 5.74) is 0.577. The summed E-state index contributed by atoms with van der Waals surface area (Å²) >= 11 is 11.9. The van der Waals surface area contributed by atoms with Crippen LogP contribution in [0.4, 0.5) is 10.1 Å². The molecule has 9 nitrogen and oxygen atoms in total. The number of H-pyrrole nitrogens is 1. The van der Waals surface area contributed by atoms with Crippen LogP contribution in [0.2, 0.25) is 10.0 Å². The van der Waals surface area contributed by atoms with E-state index in [4.69, 9.17) is 23.2 Å². The predicted molar refractivity (Wildman–Crippen MR) is 162 cm³/mol. The summed E-state index contributed by atoms with van der Waals surface area (Å²) in [6, 6.07) is 16.7. The number of anilines is 1. The van der Waals surface area contributed by atoms with E-state index in [0.717, 1.165) is 16.6 Å². The van der Waals surface area contributed by atoms with Crippen molar-refractivity contribution < 1.29 is 12.8 Å². The van der Waals surface area contributed by atoms with Gasteiger partial charge in [-0.1, -0.05) is 66.9 Å². The van der Waals surface area contributed by atoms with E-state index in [0.29, 0.717) is 24.5 Å². The topological polar surface area (TPSA) is 119 Å². The summed E-state index contributed by atoms with van der Waals surface area (Å²) in [5, 5.41) is 0.395. The van der Waals surface area contributed by atoms with Gasteiger partial charge in [0.1, 0.15) is 17.2 Å². The van der Waals surface area contributed by atoms with Gasteiger partial charge in [-0.3, -0.25) is 18.7 Å². The van der Waals surface area contributed by atoms with E-state index in [9.17, 15) is 22.4 Å². The van der Waals surface area contributed by atoms with Crippen LogP contribution in [0.25, 0.3) is 11.2 Å². The van der Waals surface area contributed by atoms with Crippen LogP contribution in [-0.2, 0) is 29.5 Å². The normalized spacial score (nSPS) is 11.7. The van der Waals surface area contributed by atoms with Crippen molar-refractivity contribution in [2.45, 2.75) is 44.2 Å².